The average Bonchev–Trinajstić information content (AvgIpc) is 2.94. The Morgan fingerprint density at radius 2 is 2.00 bits per heavy atom. The lowest BCUT2D eigenvalue weighted by molar-refractivity contribution is -0.121. The smallest absolute Gasteiger partial charge is 0.224 e. The maximum atomic E-state index is 12.2. The minimum atomic E-state index is -1.25. The number of hydrogen-bond acceptors (Lipinski definition) is 4. The van der Waals surface area contributed by atoms with Crippen LogP contribution in [0.4, 0.5) is 0 Å². The van der Waals surface area contributed by atoms with Crippen LogP contribution in [0.3, 0.4) is 0 Å². The van der Waals surface area contributed by atoms with Crippen LogP contribution < -0.4 is 10.1 Å². The highest BCUT2D eigenvalue weighted by Crippen LogP contribution is 2.23. The Hall–Kier alpha value is -2.27. The van der Waals surface area contributed by atoms with Gasteiger partial charge in [0.1, 0.15) is 22.9 Å². The molecule has 1 unspecified atom stereocenters. The summed E-state index contributed by atoms with van der Waals surface area (Å²) in [7, 11) is 0. The van der Waals surface area contributed by atoms with E-state index in [2.05, 4.69) is 5.32 Å². The lowest BCUT2D eigenvalue weighted by Gasteiger charge is -2.21. The van der Waals surface area contributed by atoms with Gasteiger partial charge in [-0.1, -0.05) is 18.2 Å². The molecule has 1 aromatic carbocycles. The first-order chi connectivity index (χ1) is 11.3. The van der Waals surface area contributed by atoms with Gasteiger partial charge in [-0.25, -0.2) is 0 Å². The number of rotatable bonds is 7. The van der Waals surface area contributed by atoms with E-state index in [1.807, 2.05) is 45.0 Å². The third kappa shape index (κ3) is 4.86. The number of benzene rings is 1. The van der Waals surface area contributed by atoms with Gasteiger partial charge in [-0.05, 0) is 45.9 Å². The Kier molecular flexibility index (Phi) is 5.67. The van der Waals surface area contributed by atoms with Gasteiger partial charge in [0.25, 0.3) is 0 Å². The fourth-order valence-electron chi connectivity index (χ4n) is 2.34. The molecule has 0 fully saturated rings. The molecular formula is C19H25NO4. The second-order valence-corrected chi connectivity index (χ2v) is 6.41. The molecule has 0 bridgehead atoms. The van der Waals surface area contributed by atoms with E-state index in [9.17, 15) is 9.90 Å². The molecule has 1 amide bonds. The summed E-state index contributed by atoms with van der Waals surface area (Å²) in [6.45, 7) is 7.38. The van der Waals surface area contributed by atoms with E-state index in [1.54, 1.807) is 19.1 Å². The van der Waals surface area contributed by atoms with Crippen molar-refractivity contribution in [1.82, 2.24) is 5.32 Å². The highest BCUT2D eigenvalue weighted by molar-refractivity contribution is 5.79. The zero-order valence-electron chi connectivity index (χ0n) is 14.6. The highest BCUT2D eigenvalue weighted by Gasteiger charge is 2.27. The molecule has 130 valence electrons. The van der Waals surface area contributed by atoms with Crippen LogP contribution in [-0.4, -0.2) is 23.7 Å². The van der Waals surface area contributed by atoms with Crippen molar-refractivity contribution < 1.29 is 19.1 Å². The molecule has 0 saturated heterocycles. The number of hydrogen-bond donors (Lipinski definition) is 2. The van der Waals surface area contributed by atoms with Crippen LogP contribution in [0.25, 0.3) is 0 Å². The number of aryl methyl sites for hydroxylation is 1. The van der Waals surface area contributed by atoms with Crippen molar-refractivity contribution in [2.24, 2.45) is 0 Å². The molecule has 1 aromatic heterocycles. The molecule has 1 atom stereocenters. The van der Waals surface area contributed by atoms with Crippen LogP contribution in [0.1, 0.15) is 37.9 Å². The Morgan fingerprint density at radius 3 is 2.62 bits per heavy atom. The summed E-state index contributed by atoms with van der Waals surface area (Å²) in [5, 5.41) is 13.2. The largest absolute Gasteiger partial charge is 0.491 e. The zero-order chi connectivity index (χ0) is 17.7. The Labute approximate surface area is 142 Å². The van der Waals surface area contributed by atoms with Gasteiger partial charge < -0.3 is 19.6 Å². The maximum Gasteiger partial charge on any atom is 0.224 e. The summed E-state index contributed by atoms with van der Waals surface area (Å²) >= 11 is 0. The van der Waals surface area contributed by atoms with Crippen molar-refractivity contribution in [1.29, 1.82) is 0 Å². The number of carbonyl (C=O) groups excluding carboxylic acids is 1. The van der Waals surface area contributed by atoms with Gasteiger partial charge >= 0.3 is 0 Å². The number of aliphatic hydroxyl groups is 1. The van der Waals surface area contributed by atoms with Gasteiger partial charge in [-0.15, -0.1) is 0 Å². The monoisotopic (exact) mass is 331 g/mol. The van der Waals surface area contributed by atoms with E-state index < -0.39 is 5.60 Å². The second kappa shape index (κ2) is 7.53. The SMILES string of the molecule is Cc1ccc(C(C)(O)CNC(=O)Cc2ccccc2OC(C)C)o1. The van der Waals surface area contributed by atoms with Crippen LogP contribution in [0.15, 0.2) is 40.8 Å². The van der Waals surface area contributed by atoms with Crippen molar-refractivity contribution >= 4 is 5.91 Å². The normalized spacial score (nSPS) is 13.6. The first-order valence-corrected chi connectivity index (χ1v) is 8.08. The van der Waals surface area contributed by atoms with E-state index in [4.69, 9.17) is 9.15 Å². The summed E-state index contributed by atoms with van der Waals surface area (Å²) in [4.78, 5) is 12.2. The Bertz CT molecular complexity index is 688. The van der Waals surface area contributed by atoms with E-state index in [-0.39, 0.29) is 25.0 Å². The minimum absolute atomic E-state index is 0.0390. The predicted molar refractivity (Wildman–Crippen MR) is 91.9 cm³/mol. The van der Waals surface area contributed by atoms with Gasteiger partial charge in [0.15, 0.2) is 0 Å². The molecule has 0 aliphatic carbocycles. The molecule has 0 aliphatic heterocycles. The maximum absolute atomic E-state index is 12.2. The topological polar surface area (TPSA) is 71.7 Å². The second-order valence-electron chi connectivity index (χ2n) is 6.41. The quantitative estimate of drug-likeness (QED) is 0.818. The van der Waals surface area contributed by atoms with Crippen LogP contribution in [-0.2, 0) is 16.8 Å². The molecule has 0 spiro atoms. The number of amides is 1. The van der Waals surface area contributed by atoms with Crippen LogP contribution >= 0.6 is 0 Å². The van der Waals surface area contributed by atoms with E-state index in [1.165, 1.54) is 0 Å². The van der Waals surface area contributed by atoms with Gasteiger partial charge in [0, 0.05) is 5.56 Å². The van der Waals surface area contributed by atoms with Crippen LogP contribution in [0.5, 0.6) is 5.75 Å². The summed E-state index contributed by atoms with van der Waals surface area (Å²) in [6.07, 6.45) is 0.230. The van der Waals surface area contributed by atoms with E-state index >= 15 is 0 Å². The van der Waals surface area contributed by atoms with Crippen LogP contribution in [0.2, 0.25) is 0 Å². The number of para-hydroxylation sites is 1. The molecule has 1 heterocycles. The molecule has 2 N–H and O–H groups in total. The fraction of sp³-hybridized carbons (Fsp3) is 0.421. The summed E-state index contributed by atoms with van der Waals surface area (Å²) < 4.78 is 11.2. The van der Waals surface area contributed by atoms with Crippen molar-refractivity contribution in [3.63, 3.8) is 0 Å². The van der Waals surface area contributed by atoms with Crippen molar-refractivity contribution in [2.75, 3.05) is 6.54 Å². The first kappa shape index (κ1) is 18.1. The molecule has 0 aliphatic rings. The number of nitrogens with one attached hydrogen (secondary N) is 1. The van der Waals surface area contributed by atoms with Gasteiger partial charge in [0.05, 0.1) is 19.1 Å². The molecule has 24 heavy (non-hydrogen) atoms. The average molecular weight is 331 g/mol. The lowest BCUT2D eigenvalue weighted by Crippen LogP contribution is -2.39. The zero-order valence-corrected chi connectivity index (χ0v) is 14.6. The van der Waals surface area contributed by atoms with Gasteiger partial charge in [-0.2, -0.15) is 0 Å². The molecule has 0 radical (unpaired) electrons. The van der Waals surface area contributed by atoms with Gasteiger partial charge in [-0.3, -0.25) is 4.79 Å². The molecule has 5 heteroatoms. The molecule has 0 saturated carbocycles. The fourth-order valence-corrected chi connectivity index (χ4v) is 2.34. The van der Waals surface area contributed by atoms with E-state index in [0.717, 1.165) is 11.3 Å². The number of ether oxygens (including phenoxy) is 1. The number of furan rings is 1. The molecule has 2 rings (SSSR count). The minimum Gasteiger partial charge on any atom is -0.491 e. The molecule has 5 nitrogen and oxygen atoms in total. The van der Waals surface area contributed by atoms with Crippen molar-refractivity contribution in [3.8, 4) is 5.75 Å². The number of carbonyl (C=O) groups is 1. The van der Waals surface area contributed by atoms with E-state index in [0.29, 0.717) is 11.5 Å². The predicted octanol–water partition coefficient (Wildman–Crippen LogP) is 2.94. The first-order valence-electron chi connectivity index (χ1n) is 8.08. The van der Waals surface area contributed by atoms with Crippen LogP contribution in [0, 0.1) is 6.92 Å². The lowest BCUT2D eigenvalue weighted by atomic mass is 10.0. The van der Waals surface area contributed by atoms with Crippen molar-refractivity contribution in [3.05, 3.63) is 53.5 Å². The molecule has 2 aromatic rings. The third-order valence-electron chi connectivity index (χ3n) is 3.59. The third-order valence-corrected chi connectivity index (χ3v) is 3.59. The Morgan fingerprint density at radius 1 is 1.29 bits per heavy atom. The standard InChI is InChI=1S/C19H25NO4/c1-13(2)23-16-8-6-5-7-15(16)11-18(21)20-12-19(4,22)17-10-9-14(3)24-17/h5-10,13,22H,11-12H2,1-4H3,(H,20,21). The highest BCUT2D eigenvalue weighted by atomic mass is 16.5. The van der Waals surface area contributed by atoms with Gasteiger partial charge in [0.2, 0.25) is 5.91 Å². The Balaban J connectivity index is 1.96. The summed E-state index contributed by atoms with van der Waals surface area (Å²) in [6, 6.07) is 11.0. The summed E-state index contributed by atoms with van der Waals surface area (Å²) in [5.74, 6) is 1.68. The molecular weight excluding hydrogens is 306 g/mol. The summed E-state index contributed by atoms with van der Waals surface area (Å²) in [5.41, 5.74) is -0.435. The van der Waals surface area contributed by atoms with Crippen molar-refractivity contribution in [2.45, 2.75) is 45.8 Å².